The molecule has 0 bridgehead atoms. The Hall–Kier alpha value is -2.93. The molecule has 0 atom stereocenters. The molecule has 5 rings (SSSR count). The first kappa shape index (κ1) is 19.1. The molecule has 1 aliphatic heterocycles. The van der Waals surface area contributed by atoms with E-state index in [0.717, 1.165) is 54.7 Å². The lowest BCUT2D eigenvalue weighted by Crippen LogP contribution is -2.42. The number of aromatic amines is 1. The van der Waals surface area contributed by atoms with Crippen molar-refractivity contribution < 1.29 is 4.79 Å². The minimum Gasteiger partial charge on any atom is -0.366 e. The maximum Gasteiger partial charge on any atom is 0.250 e. The fourth-order valence-electron chi connectivity index (χ4n) is 4.11. The van der Waals surface area contributed by atoms with Crippen LogP contribution in [-0.4, -0.2) is 47.0 Å². The molecule has 0 saturated carbocycles. The normalized spacial score (nSPS) is 15.1. The molecule has 152 valence electrons. The quantitative estimate of drug-likeness (QED) is 0.472. The van der Waals surface area contributed by atoms with Crippen molar-refractivity contribution in [1.82, 2.24) is 20.2 Å². The van der Waals surface area contributed by atoms with E-state index in [4.69, 9.17) is 22.3 Å². The number of hydrogen-bond acceptors (Lipinski definition) is 4. The van der Waals surface area contributed by atoms with E-state index in [1.165, 1.54) is 5.56 Å². The van der Waals surface area contributed by atoms with Crippen molar-refractivity contribution in [3.8, 4) is 11.3 Å². The number of piperazine rings is 1. The molecule has 3 heterocycles. The lowest BCUT2D eigenvalue weighted by molar-refractivity contribution is 0.100. The van der Waals surface area contributed by atoms with E-state index in [1.807, 2.05) is 24.3 Å². The van der Waals surface area contributed by atoms with Crippen molar-refractivity contribution in [3.05, 3.63) is 64.7 Å². The van der Waals surface area contributed by atoms with Crippen LogP contribution in [-0.2, 0) is 6.54 Å². The molecule has 0 unspecified atom stereocenters. The predicted molar refractivity (Wildman–Crippen MR) is 121 cm³/mol. The van der Waals surface area contributed by atoms with Gasteiger partial charge in [-0.1, -0.05) is 29.8 Å². The van der Waals surface area contributed by atoms with Gasteiger partial charge in [0.1, 0.15) is 0 Å². The molecule has 2 aromatic heterocycles. The third-order valence-corrected chi connectivity index (χ3v) is 5.85. The zero-order valence-electron chi connectivity index (χ0n) is 16.4. The molecule has 4 N–H and O–H groups in total. The number of carbonyl (C=O) groups is 1. The SMILES string of the molecule is NC(=O)c1cc(-c2cccc(Cl)c2)nc2c1[nH]c1ccc(CN3CCNCC3)cc12. The fourth-order valence-corrected chi connectivity index (χ4v) is 4.30. The second-order valence-corrected chi connectivity index (χ2v) is 8.12. The van der Waals surface area contributed by atoms with Gasteiger partial charge in [0.15, 0.2) is 0 Å². The van der Waals surface area contributed by atoms with Crippen molar-refractivity contribution >= 4 is 39.4 Å². The minimum absolute atomic E-state index is 0.426. The summed E-state index contributed by atoms with van der Waals surface area (Å²) in [6.07, 6.45) is 0. The van der Waals surface area contributed by atoms with Crippen LogP contribution in [0, 0.1) is 0 Å². The Bertz CT molecular complexity index is 1260. The van der Waals surface area contributed by atoms with Gasteiger partial charge in [0.2, 0.25) is 0 Å². The third-order valence-electron chi connectivity index (χ3n) is 5.62. The second-order valence-electron chi connectivity index (χ2n) is 7.68. The first-order valence-electron chi connectivity index (χ1n) is 10.0. The van der Waals surface area contributed by atoms with Gasteiger partial charge in [-0.2, -0.15) is 0 Å². The van der Waals surface area contributed by atoms with Gasteiger partial charge < -0.3 is 16.0 Å². The summed E-state index contributed by atoms with van der Waals surface area (Å²) in [7, 11) is 0. The standard InChI is InChI=1S/C23H22ClN5O/c24-16-3-1-2-15(11-16)20-12-18(23(25)30)22-21(28-20)17-10-14(4-5-19(17)27-22)13-29-8-6-26-7-9-29/h1-5,10-12,26-27H,6-9,13H2,(H2,25,30). The Kier molecular flexibility index (Phi) is 4.90. The number of aromatic nitrogens is 2. The third kappa shape index (κ3) is 3.54. The zero-order chi connectivity index (χ0) is 20.7. The van der Waals surface area contributed by atoms with Crippen LogP contribution in [0.5, 0.6) is 0 Å². The van der Waals surface area contributed by atoms with E-state index < -0.39 is 5.91 Å². The largest absolute Gasteiger partial charge is 0.366 e. The number of nitrogens with two attached hydrogens (primary N) is 1. The Morgan fingerprint density at radius 2 is 1.97 bits per heavy atom. The van der Waals surface area contributed by atoms with Crippen LogP contribution in [0.25, 0.3) is 33.2 Å². The van der Waals surface area contributed by atoms with Gasteiger partial charge in [-0.3, -0.25) is 9.69 Å². The highest BCUT2D eigenvalue weighted by Crippen LogP contribution is 2.31. The molecule has 1 saturated heterocycles. The number of nitrogens with zero attached hydrogens (tertiary/aromatic N) is 2. The summed E-state index contributed by atoms with van der Waals surface area (Å²) in [5, 5.41) is 4.99. The van der Waals surface area contributed by atoms with E-state index >= 15 is 0 Å². The van der Waals surface area contributed by atoms with Crippen LogP contribution in [0.3, 0.4) is 0 Å². The summed E-state index contributed by atoms with van der Waals surface area (Å²) in [6, 6.07) is 15.5. The van der Waals surface area contributed by atoms with Crippen LogP contribution in [0.15, 0.2) is 48.5 Å². The Labute approximate surface area is 179 Å². The van der Waals surface area contributed by atoms with Gasteiger partial charge >= 0.3 is 0 Å². The molecule has 6 nitrogen and oxygen atoms in total. The Morgan fingerprint density at radius 1 is 1.13 bits per heavy atom. The molecule has 1 fully saturated rings. The predicted octanol–water partition coefficient (Wildman–Crippen LogP) is 3.54. The second kappa shape index (κ2) is 7.72. The number of pyridine rings is 1. The van der Waals surface area contributed by atoms with Crippen molar-refractivity contribution in [2.45, 2.75) is 6.54 Å². The average Bonchev–Trinajstić information content (AvgIpc) is 3.11. The van der Waals surface area contributed by atoms with E-state index in [1.54, 1.807) is 6.07 Å². The molecule has 1 amide bonds. The summed E-state index contributed by atoms with van der Waals surface area (Å²) in [5.74, 6) is -0.488. The summed E-state index contributed by atoms with van der Waals surface area (Å²) in [6.45, 7) is 4.99. The number of primary amides is 1. The van der Waals surface area contributed by atoms with Crippen molar-refractivity contribution in [1.29, 1.82) is 0 Å². The molecule has 1 aliphatic rings. The van der Waals surface area contributed by atoms with Gasteiger partial charge in [-0.25, -0.2) is 4.98 Å². The summed E-state index contributed by atoms with van der Waals surface area (Å²) in [5.41, 5.74) is 11.2. The molecule has 0 spiro atoms. The van der Waals surface area contributed by atoms with E-state index in [9.17, 15) is 4.79 Å². The van der Waals surface area contributed by atoms with Gasteiger partial charge in [0.25, 0.3) is 5.91 Å². The minimum atomic E-state index is -0.488. The van der Waals surface area contributed by atoms with Gasteiger partial charge in [0, 0.05) is 54.2 Å². The van der Waals surface area contributed by atoms with E-state index in [2.05, 4.69) is 33.4 Å². The Morgan fingerprint density at radius 3 is 2.73 bits per heavy atom. The first-order valence-corrected chi connectivity index (χ1v) is 10.4. The lowest BCUT2D eigenvalue weighted by Gasteiger charge is -2.27. The van der Waals surface area contributed by atoms with Gasteiger partial charge in [-0.05, 0) is 35.9 Å². The van der Waals surface area contributed by atoms with Gasteiger partial charge in [-0.15, -0.1) is 0 Å². The molecule has 0 radical (unpaired) electrons. The number of carbonyl (C=O) groups excluding carboxylic acids is 1. The molecular weight excluding hydrogens is 398 g/mol. The monoisotopic (exact) mass is 419 g/mol. The number of H-pyrrole nitrogens is 1. The van der Waals surface area contributed by atoms with Crippen LogP contribution < -0.4 is 11.1 Å². The van der Waals surface area contributed by atoms with Crippen LogP contribution in [0.4, 0.5) is 0 Å². The van der Waals surface area contributed by atoms with Crippen LogP contribution >= 0.6 is 11.6 Å². The van der Waals surface area contributed by atoms with Crippen molar-refractivity contribution in [3.63, 3.8) is 0 Å². The smallest absolute Gasteiger partial charge is 0.250 e. The maximum absolute atomic E-state index is 12.2. The van der Waals surface area contributed by atoms with E-state index in [-0.39, 0.29) is 0 Å². The molecule has 7 heteroatoms. The number of benzene rings is 2. The van der Waals surface area contributed by atoms with Crippen LogP contribution in [0.1, 0.15) is 15.9 Å². The summed E-state index contributed by atoms with van der Waals surface area (Å²) < 4.78 is 0. The number of amides is 1. The number of halogens is 1. The summed E-state index contributed by atoms with van der Waals surface area (Å²) in [4.78, 5) is 22.9. The number of rotatable bonds is 4. The topological polar surface area (TPSA) is 87.0 Å². The highest BCUT2D eigenvalue weighted by molar-refractivity contribution is 6.30. The average molecular weight is 420 g/mol. The van der Waals surface area contributed by atoms with Crippen LogP contribution in [0.2, 0.25) is 5.02 Å². The van der Waals surface area contributed by atoms with E-state index in [0.29, 0.717) is 21.8 Å². The van der Waals surface area contributed by atoms with Crippen molar-refractivity contribution in [2.75, 3.05) is 26.2 Å². The molecular formula is C23H22ClN5O. The lowest BCUT2D eigenvalue weighted by atomic mass is 10.1. The van der Waals surface area contributed by atoms with Crippen molar-refractivity contribution in [2.24, 2.45) is 5.73 Å². The number of nitrogens with one attached hydrogen (secondary N) is 2. The van der Waals surface area contributed by atoms with Gasteiger partial charge in [0.05, 0.1) is 22.3 Å². The molecule has 0 aliphatic carbocycles. The Balaban J connectivity index is 1.66. The highest BCUT2D eigenvalue weighted by atomic mass is 35.5. The zero-order valence-corrected chi connectivity index (χ0v) is 17.2. The first-order chi connectivity index (χ1) is 14.6. The molecule has 2 aromatic carbocycles. The molecule has 4 aromatic rings. The summed E-state index contributed by atoms with van der Waals surface area (Å²) >= 11 is 6.17. The number of hydrogen-bond donors (Lipinski definition) is 3. The fraction of sp³-hybridized carbons (Fsp3) is 0.217. The molecule has 30 heavy (non-hydrogen) atoms. The highest BCUT2D eigenvalue weighted by Gasteiger charge is 2.17. The number of fused-ring (bicyclic) bond motifs is 3. The maximum atomic E-state index is 12.2.